The fourth-order valence-corrected chi connectivity index (χ4v) is 4.26. The summed E-state index contributed by atoms with van der Waals surface area (Å²) in [5, 5.41) is 11.2. The Labute approximate surface area is 99.6 Å². The third-order valence-corrected chi connectivity index (χ3v) is 5.69. The van der Waals surface area contributed by atoms with Gasteiger partial charge < -0.3 is 10.8 Å². The Morgan fingerprint density at radius 1 is 1.12 bits per heavy atom. The van der Waals surface area contributed by atoms with Crippen molar-refractivity contribution in [1.29, 1.82) is 0 Å². The third kappa shape index (κ3) is 1.62. The zero-order valence-electron chi connectivity index (χ0n) is 10.8. The summed E-state index contributed by atoms with van der Waals surface area (Å²) in [5.41, 5.74) is 5.57. The highest BCUT2D eigenvalue weighted by molar-refractivity contribution is 5.06. The Balaban J connectivity index is 2.27. The first-order valence-corrected chi connectivity index (χ1v) is 6.98. The molecule has 0 amide bonds. The molecule has 0 spiro atoms. The van der Waals surface area contributed by atoms with Gasteiger partial charge in [-0.15, -0.1) is 0 Å². The summed E-state index contributed by atoms with van der Waals surface area (Å²) in [6.07, 6.45) is 8.18. The highest BCUT2D eigenvalue weighted by Gasteiger charge is 2.55. The van der Waals surface area contributed by atoms with Crippen molar-refractivity contribution in [3.63, 3.8) is 0 Å². The molecule has 0 radical (unpaired) electrons. The van der Waals surface area contributed by atoms with Crippen LogP contribution in [0, 0.1) is 17.3 Å². The first-order chi connectivity index (χ1) is 7.56. The van der Waals surface area contributed by atoms with E-state index in [1.165, 1.54) is 25.7 Å². The summed E-state index contributed by atoms with van der Waals surface area (Å²) in [5.74, 6) is 1.05. The maximum Gasteiger partial charge on any atom is 0.0743 e. The lowest BCUT2D eigenvalue weighted by Gasteiger charge is -2.53. The predicted octanol–water partition coefficient (Wildman–Crippen LogP) is 2.69. The van der Waals surface area contributed by atoms with Gasteiger partial charge >= 0.3 is 0 Å². The fraction of sp³-hybridized carbons (Fsp3) is 1.00. The second kappa shape index (κ2) is 4.30. The summed E-state index contributed by atoms with van der Waals surface area (Å²) < 4.78 is 0. The van der Waals surface area contributed by atoms with Crippen LogP contribution in [0.5, 0.6) is 0 Å². The van der Waals surface area contributed by atoms with Crippen LogP contribution in [0.2, 0.25) is 0 Å². The van der Waals surface area contributed by atoms with Crippen LogP contribution in [0.15, 0.2) is 0 Å². The molecule has 0 aromatic carbocycles. The molecule has 3 N–H and O–H groups in total. The van der Waals surface area contributed by atoms with Crippen molar-refractivity contribution in [2.45, 2.75) is 64.4 Å². The van der Waals surface area contributed by atoms with Crippen molar-refractivity contribution < 1.29 is 5.11 Å². The fourth-order valence-electron chi connectivity index (χ4n) is 4.26. The molecule has 3 unspecified atom stereocenters. The average molecular weight is 225 g/mol. The SMILES string of the molecule is CC1CCCC(O)(C2(CN)CCCC2)C1C. The van der Waals surface area contributed by atoms with Gasteiger partial charge in [0.2, 0.25) is 0 Å². The number of nitrogens with two attached hydrogens (primary N) is 1. The Morgan fingerprint density at radius 2 is 1.75 bits per heavy atom. The normalized spacial score (nSPS) is 43.5. The maximum atomic E-state index is 11.2. The van der Waals surface area contributed by atoms with Crippen LogP contribution in [0.3, 0.4) is 0 Å². The molecule has 2 rings (SSSR count). The van der Waals surface area contributed by atoms with Crippen molar-refractivity contribution in [1.82, 2.24) is 0 Å². The minimum Gasteiger partial charge on any atom is -0.389 e. The highest BCUT2D eigenvalue weighted by atomic mass is 16.3. The van der Waals surface area contributed by atoms with E-state index in [0.717, 1.165) is 19.3 Å². The third-order valence-electron chi connectivity index (χ3n) is 5.69. The van der Waals surface area contributed by atoms with Gasteiger partial charge in [-0.05, 0) is 31.1 Å². The number of aliphatic hydroxyl groups is 1. The van der Waals surface area contributed by atoms with E-state index < -0.39 is 5.60 Å². The Morgan fingerprint density at radius 3 is 2.31 bits per heavy atom. The lowest BCUT2D eigenvalue weighted by atomic mass is 9.57. The van der Waals surface area contributed by atoms with Crippen LogP contribution in [0.25, 0.3) is 0 Å². The largest absolute Gasteiger partial charge is 0.389 e. The first-order valence-electron chi connectivity index (χ1n) is 6.98. The molecule has 0 aromatic heterocycles. The van der Waals surface area contributed by atoms with E-state index in [1.54, 1.807) is 0 Å². The van der Waals surface area contributed by atoms with Crippen LogP contribution in [-0.2, 0) is 0 Å². The summed E-state index contributed by atoms with van der Waals surface area (Å²) in [7, 11) is 0. The lowest BCUT2D eigenvalue weighted by Crippen LogP contribution is -2.58. The molecular weight excluding hydrogens is 198 g/mol. The van der Waals surface area contributed by atoms with Gasteiger partial charge in [-0.25, -0.2) is 0 Å². The van der Waals surface area contributed by atoms with Gasteiger partial charge in [0.25, 0.3) is 0 Å². The molecule has 2 nitrogen and oxygen atoms in total. The Kier molecular flexibility index (Phi) is 3.33. The van der Waals surface area contributed by atoms with Crippen molar-refractivity contribution in [2.24, 2.45) is 23.0 Å². The van der Waals surface area contributed by atoms with Crippen LogP contribution >= 0.6 is 0 Å². The topological polar surface area (TPSA) is 46.2 Å². The van der Waals surface area contributed by atoms with E-state index in [4.69, 9.17) is 5.73 Å². The van der Waals surface area contributed by atoms with E-state index in [0.29, 0.717) is 18.4 Å². The number of hydrogen-bond acceptors (Lipinski definition) is 2. The molecule has 0 aromatic rings. The van der Waals surface area contributed by atoms with Crippen molar-refractivity contribution in [2.75, 3.05) is 6.54 Å². The van der Waals surface area contributed by atoms with Gasteiger partial charge in [-0.3, -0.25) is 0 Å². The van der Waals surface area contributed by atoms with Gasteiger partial charge in [0, 0.05) is 12.0 Å². The van der Waals surface area contributed by atoms with E-state index in [9.17, 15) is 5.11 Å². The van der Waals surface area contributed by atoms with Crippen molar-refractivity contribution >= 4 is 0 Å². The molecule has 16 heavy (non-hydrogen) atoms. The minimum atomic E-state index is -0.490. The average Bonchev–Trinajstić information content (AvgIpc) is 2.76. The molecule has 0 saturated heterocycles. The zero-order chi connectivity index (χ0) is 11.8. The number of rotatable bonds is 2. The van der Waals surface area contributed by atoms with Gasteiger partial charge in [0.1, 0.15) is 0 Å². The lowest BCUT2D eigenvalue weighted by molar-refractivity contribution is -0.151. The molecule has 3 atom stereocenters. The standard InChI is InChI=1S/C14H27NO/c1-11-6-5-9-14(16,12(11)2)13(10-15)7-3-4-8-13/h11-12,16H,3-10,15H2,1-2H3. The molecule has 2 fully saturated rings. The molecule has 2 heteroatoms. The molecule has 2 aliphatic carbocycles. The van der Waals surface area contributed by atoms with Gasteiger partial charge in [-0.1, -0.05) is 39.5 Å². The van der Waals surface area contributed by atoms with Crippen molar-refractivity contribution in [3.05, 3.63) is 0 Å². The molecule has 0 heterocycles. The van der Waals surface area contributed by atoms with Crippen LogP contribution in [0.1, 0.15) is 58.8 Å². The molecule has 2 aliphatic rings. The predicted molar refractivity (Wildman–Crippen MR) is 67.1 cm³/mol. The summed E-state index contributed by atoms with van der Waals surface area (Å²) in [6.45, 7) is 5.19. The highest BCUT2D eigenvalue weighted by Crippen LogP contribution is 2.54. The van der Waals surface area contributed by atoms with Gasteiger partial charge in [0.05, 0.1) is 5.60 Å². The molecule has 0 aliphatic heterocycles. The second-order valence-corrected chi connectivity index (χ2v) is 6.27. The zero-order valence-corrected chi connectivity index (χ0v) is 10.8. The van der Waals surface area contributed by atoms with Crippen LogP contribution < -0.4 is 5.73 Å². The smallest absolute Gasteiger partial charge is 0.0743 e. The monoisotopic (exact) mass is 225 g/mol. The van der Waals surface area contributed by atoms with E-state index in [-0.39, 0.29) is 5.41 Å². The quantitative estimate of drug-likeness (QED) is 0.759. The minimum absolute atomic E-state index is 0.0289. The Hall–Kier alpha value is -0.0800. The van der Waals surface area contributed by atoms with Crippen LogP contribution in [0.4, 0.5) is 0 Å². The van der Waals surface area contributed by atoms with Crippen LogP contribution in [-0.4, -0.2) is 17.3 Å². The first kappa shape index (κ1) is 12.4. The van der Waals surface area contributed by atoms with Crippen molar-refractivity contribution in [3.8, 4) is 0 Å². The van der Waals surface area contributed by atoms with E-state index >= 15 is 0 Å². The molecule has 0 bridgehead atoms. The molecule has 94 valence electrons. The summed E-state index contributed by atoms with van der Waals surface area (Å²) in [6, 6.07) is 0. The number of hydrogen-bond donors (Lipinski definition) is 2. The summed E-state index contributed by atoms with van der Waals surface area (Å²) in [4.78, 5) is 0. The second-order valence-electron chi connectivity index (χ2n) is 6.27. The maximum absolute atomic E-state index is 11.2. The molecular formula is C14H27NO. The molecule has 2 saturated carbocycles. The van der Waals surface area contributed by atoms with Gasteiger partial charge in [0.15, 0.2) is 0 Å². The van der Waals surface area contributed by atoms with E-state index in [1.807, 2.05) is 0 Å². The van der Waals surface area contributed by atoms with E-state index in [2.05, 4.69) is 13.8 Å². The Bertz CT molecular complexity index is 247. The summed E-state index contributed by atoms with van der Waals surface area (Å²) >= 11 is 0. The van der Waals surface area contributed by atoms with Gasteiger partial charge in [-0.2, -0.15) is 0 Å².